The highest BCUT2D eigenvalue weighted by Crippen LogP contribution is 2.09. The van der Waals surface area contributed by atoms with Gasteiger partial charge in [-0.25, -0.2) is 8.78 Å². The van der Waals surface area contributed by atoms with Crippen LogP contribution >= 0.6 is 0 Å². The van der Waals surface area contributed by atoms with Crippen LogP contribution in [0.2, 0.25) is 0 Å². The largest absolute Gasteiger partial charge is 0.390 e. The standard InChI is InChI=1S/C9H18F2N2O3/c1-7(4-16-2)13-8(15)3-12-5-9(10,11)6-14/h7,12,14H,3-6H2,1-2H3,(H,13,15). The number of aliphatic hydroxyl groups excluding tert-OH is 1. The van der Waals surface area contributed by atoms with E-state index in [1.54, 1.807) is 6.92 Å². The van der Waals surface area contributed by atoms with E-state index in [0.29, 0.717) is 6.61 Å². The summed E-state index contributed by atoms with van der Waals surface area (Å²) in [7, 11) is 1.50. The van der Waals surface area contributed by atoms with Crippen LogP contribution in [-0.4, -0.2) is 56.4 Å². The molecule has 5 nitrogen and oxygen atoms in total. The van der Waals surface area contributed by atoms with Crippen LogP contribution in [0.3, 0.4) is 0 Å². The third kappa shape index (κ3) is 7.49. The number of hydrogen-bond donors (Lipinski definition) is 3. The molecule has 0 rings (SSSR count). The van der Waals surface area contributed by atoms with Crippen molar-refractivity contribution in [1.29, 1.82) is 0 Å². The van der Waals surface area contributed by atoms with Gasteiger partial charge in [0, 0.05) is 13.2 Å². The average molecular weight is 240 g/mol. The van der Waals surface area contributed by atoms with Crippen LogP contribution in [0.5, 0.6) is 0 Å². The maximum absolute atomic E-state index is 12.5. The molecule has 1 amide bonds. The van der Waals surface area contributed by atoms with Crippen molar-refractivity contribution in [3.8, 4) is 0 Å². The van der Waals surface area contributed by atoms with Crippen LogP contribution < -0.4 is 10.6 Å². The number of halogens is 2. The SMILES string of the molecule is COCC(C)NC(=O)CNCC(F)(F)CO. The summed E-state index contributed by atoms with van der Waals surface area (Å²) in [5, 5.41) is 13.1. The lowest BCUT2D eigenvalue weighted by Gasteiger charge is -2.15. The number of carbonyl (C=O) groups excluding carboxylic acids is 1. The molecule has 0 spiro atoms. The molecular formula is C9H18F2N2O3. The Bertz CT molecular complexity index is 215. The summed E-state index contributed by atoms with van der Waals surface area (Å²) in [6, 6.07) is -0.169. The van der Waals surface area contributed by atoms with E-state index in [4.69, 9.17) is 9.84 Å². The topological polar surface area (TPSA) is 70.6 Å². The number of rotatable bonds is 8. The minimum Gasteiger partial charge on any atom is -0.390 e. The first kappa shape index (κ1) is 15.2. The normalized spacial score (nSPS) is 13.6. The van der Waals surface area contributed by atoms with Crippen LogP contribution in [0.25, 0.3) is 0 Å². The number of aliphatic hydroxyl groups is 1. The lowest BCUT2D eigenvalue weighted by atomic mass is 10.3. The number of hydrogen-bond acceptors (Lipinski definition) is 4. The molecule has 0 aromatic heterocycles. The Hall–Kier alpha value is -0.790. The third-order valence-electron chi connectivity index (χ3n) is 1.72. The van der Waals surface area contributed by atoms with Gasteiger partial charge in [0.05, 0.1) is 19.7 Å². The van der Waals surface area contributed by atoms with E-state index in [0.717, 1.165) is 0 Å². The van der Waals surface area contributed by atoms with Crippen LogP contribution in [-0.2, 0) is 9.53 Å². The molecule has 7 heteroatoms. The van der Waals surface area contributed by atoms with Crippen molar-refractivity contribution in [1.82, 2.24) is 10.6 Å². The van der Waals surface area contributed by atoms with Gasteiger partial charge in [0.15, 0.2) is 0 Å². The molecule has 1 unspecified atom stereocenters. The molecule has 0 radical (unpaired) electrons. The van der Waals surface area contributed by atoms with Crippen molar-refractivity contribution in [2.75, 3.05) is 33.4 Å². The van der Waals surface area contributed by atoms with Crippen molar-refractivity contribution < 1.29 is 23.4 Å². The van der Waals surface area contributed by atoms with E-state index < -0.39 is 25.0 Å². The molecule has 0 fully saturated rings. The number of nitrogens with one attached hydrogen (secondary N) is 2. The fraction of sp³-hybridized carbons (Fsp3) is 0.889. The molecule has 16 heavy (non-hydrogen) atoms. The second-order valence-corrected chi connectivity index (χ2v) is 3.54. The molecule has 0 aromatic rings. The lowest BCUT2D eigenvalue weighted by Crippen LogP contribution is -2.44. The molecule has 0 aliphatic heterocycles. The van der Waals surface area contributed by atoms with Gasteiger partial charge in [0.1, 0.15) is 6.61 Å². The fourth-order valence-corrected chi connectivity index (χ4v) is 1.03. The van der Waals surface area contributed by atoms with E-state index >= 15 is 0 Å². The van der Waals surface area contributed by atoms with Crippen molar-refractivity contribution in [2.24, 2.45) is 0 Å². The zero-order chi connectivity index (χ0) is 12.6. The molecule has 0 aliphatic carbocycles. The molecule has 0 bridgehead atoms. The second kappa shape index (κ2) is 7.48. The summed E-state index contributed by atoms with van der Waals surface area (Å²) in [4.78, 5) is 11.2. The Balaban J connectivity index is 3.66. The van der Waals surface area contributed by atoms with Gasteiger partial charge in [-0.15, -0.1) is 0 Å². The molecule has 0 heterocycles. The van der Waals surface area contributed by atoms with Crippen molar-refractivity contribution >= 4 is 5.91 Å². The molecule has 3 N–H and O–H groups in total. The van der Waals surface area contributed by atoms with Gasteiger partial charge in [-0.3, -0.25) is 4.79 Å². The Kier molecular flexibility index (Phi) is 7.11. The minimum atomic E-state index is -3.20. The van der Waals surface area contributed by atoms with Crippen molar-refractivity contribution in [2.45, 2.75) is 18.9 Å². The van der Waals surface area contributed by atoms with Gasteiger partial charge in [-0.2, -0.15) is 0 Å². The Morgan fingerprint density at radius 3 is 2.69 bits per heavy atom. The van der Waals surface area contributed by atoms with E-state index in [1.165, 1.54) is 7.11 Å². The van der Waals surface area contributed by atoms with Gasteiger partial charge < -0.3 is 20.5 Å². The average Bonchev–Trinajstić information content (AvgIpc) is 2.17. The van der Waals surface area contributed by atoms with E-state index in [-0.39, 0.29) is 12.6 Å². The first-order chi connectivity index (χ1) is 7.41. The number of amides is 1. The van der Waals surface area contributed by atoms with E-state index in [1.807, 2.05) is 0 Å². The van der Waals surface area contributed by atoms with Crippen LogP contribution in [0.1, 0.15) is 6.92 Å². The highest BCUT2D eigenvalue weighted by Gasteiger charge is 2.27. The molecule has 96 valence electrons. The Labute approximate surface area is 93.2 Å². The highest BCUT2D eigenvalue weighted by molar-refractivity contribution is 5.78. The second-order valence-electron chi connectivity index (χ2n) is 3.54. The predicted octanol–water partition coefficient (Wildman–Crippen LogP) is -0.645. The zero-order valence-electron chi connectivity index (χ0n) is 9.43. The van der Waals surface area contributed by atoms with Crippen LogP contribution in [0, 0.1) is 0 Å². The zero-order valence-corrected chi connectivity index (χ0v) is 9.43. The van der Waals surface area contributed by atoms with Gasteiger partial charge in [0.2, 0.25) is 5.91 Å². The quantitative estimate of drug-likeness (QED) is 0.527. The summed E-state index contributed by atoms with van der Waals surface area (Å²) in [5.74, 6) is -3.59. The van der Waals surface area contributed by atoms with E-state index in [2.05, 4.69) is 10.6 Å². The maximum atomic E-state index is 12.5. The molecule has 1 atom stereocenters. The summed E-state index contributed by atoms with van der Waals surface area (Å²) >= 11 is 0. The summed E-state index contributed by atoms with van der Waals surface area (Å²) in [5.41, 5.74) is 0. The third-order valence-corrected chi connectivity index (χ3v) is 1.72. The Morgan fingerprint density at radius 2 is 2.19 bits per heavy atom. The number of carbonyl (C=O) groups is 1. The number of ether oxygens (including phenoxy) is 1. The summed E-state index contributed by atoms with van der Waals surface area (Å²) in [6.45, 7) is -0.0802. The van der Waals surface area contributed by atoms with Crippen molar-refractivity contribution in [3.05, 3.63) is 0 Å². The maximum Gasteiger partial charge on any atom is 0.282 e. The Morgan fingerprint density at radius 1 is 1.56 bits per heavy atom. The number of alkyl halides is 2. The molecule has 0 aromatic carbocycles. The smallest absolute Gasteiger partial charge is 0.282 e. The molecule has 0 saturated carbocycles. The summed E-state index contributed by atoms with van der Waals surface area (Å²) in [6.07, 6.45) is 0. The lowest BCUT2D eigenvalue weighted by molar-refractivity contribution is -0.121. The minimum absolute atomic E-state index is 0.169. The fourth-order valence-electron chi connectivity index (χ4n) is 1.03. The first-order valence-corrected chi connectivity index (χ1v) is 4.89. The van der Waals surface area contributed by atoms with Crippen molar-refractivity contribution in [3.63, 3.8) is 0 Å². The van der Waals surface area contributed by atoms with E-state index in [9.17, 15) is 13.6 Å². The molecular weight excluding hydrogens is 222 g/mol. The summed E-state index contributed by atoms with van der Waals surface area (Å²) < 4.78 is 29.8. The van der Waals surface area contributed by atoms with Crippen LogP contribution in [0.15, 0.2) is 0 Å². The number of methoxy groups -OCH3 is 1. The van der Waals surface area contributed by atoms with Crippen LogP contribution in [0.4, 0.5) is 8.78 Å². The highest BCUT2D eigenvalue weighted by atomic mass is 19.3. The predicted molar refractivity (Wildman–Crippen MR) is 54.4 cm³/mol. The van der Waals surface area contributed by atoms with Gasteiger partial charge in [0.25, 0.3) is 5.92 Å². The van der Waals surface area contributed by atoms with Gasteiger partial charge in [-0.1, -0.05) is 0 Å². The molecule has 0 aliphatic rings. The first-order valence-electron chi connectivity index (χ1n) is 4.89. The molecule has 0 saturated heterocycles. The van der Waals surface area contributed by atoms with Gasteiger partial charge >= 0.3 is 0 Å². The monoisotopic (exact) mass is 240 g/mol. The van der Waals surface area contributed by atoms with Gasteiger partial charge in [-0.05, 0) is 6.92 Å².